The zero-order valence-corrected chi connectivity index (χ0v) is 16.3. The second kappa shape index (κ2) is 10.9. The number of carbonyl (C=O) groups is 2. The fraction of sp³-hybridized carbons (Fsp3) is 0.600. The van der Waals surface area contributed by atoms with Crippen molar-refractivity contribution < 1.29 is 14.0 Å². The Morgan fingerprint density at radius 3 is 2.70 bits per heavy atom. The highest BCUT2D eigenvalue weighted by atomic mass is 19.1. The molecule has 2 rings (SSSR count). The van der Waals surface area contributed by atoms with Gasteiger partial charge in [0.2, 0.25) is 5.91 Å². The molecule has 1 aliphatic rings. The van der Waals surface area contributed by atoms with Crippen LogP contribution in [0.1, 0.15) is 38.2 Å². The van der Waals surface area contributed by atoms with Gasteiger partial charge in [0.25, 0.3) is 0 Å². The monoisotopic (exact) mass is 378 g/mol. The lowest BCUT2D eigenvalue weighted by atomic mass is 9.97. The molecule has 0 bridgehead atoms. The van der Waals surface area contributed by atoms with Crippen LogP contribution in [0, 0.1) is 11.7 Å². The first-order valence-corrected chi connectivity index (χ1v) is 9.75. The largest absolute Gasteiger partial charge is 0.341 e. The Hall–Kier alpha value is -2.15. The Morgan fingerprint density at radius 2 is 2.04 bits per heavy atom. The normalized spacial score (nSPS) is 18.0. The molecule has 6 nitrogen and oxygen atoms in total. The van der Waals surface area contributed by atoms with Crippen LogP contribution in [0.4, 0.5) is 9.18 Å². The van der Waals surface area contributed by atoms with Gasteiger partial charge in [-0.25, -0.2) is 9.18 Å². The number of nitrogens with one attached hydrogen (secondary N) is 3. The van der Waals surface area contributed by atoms with E-state index in [4.69, 9.17) is 0 Å². The number of rotatable bonds is 8. The lowest BCUT2D eigenvalue weighted by molar-refractivity contribution is -0.135. The van der Waals surface area contributed by atoms with E-state index in [2.05, 4.69) is 16.0 Å². The number of halogens is 1. The smallest absolute Gasteiger partial charge is 0.315 e. The van der Waals surface area contributed by atoms with Crippen LogP contribution < -0.4 is 16.0 Å². The van der Waals surface area contributed by atoms with E-state index in [-0.39, 0.29) is 24.3 Å². The third-order valence-corrected chi connectivity index (χ3v) is 4.87. The van der Waals surface area contributed by atoms with Crippen molar-refractivity contribution in [3.8, 4) is 0 Å². The Labute approximate surface area is 160 Å². The van der Waals surface area contributed by atoms with Crippen molar-refractivity contribution in [3.63, 3.8) is 0 Å². The first-order valence-electron chi connectivity index (χ1n) is 9.75. The molecule has 1 aromatic rings. The van der Waals surface area contributed by atoms with Gasteiger partial charge < -0.3 is 20.9 Å². The highest BCUT2D eigenvalue weighted by Crippen LogP contribution is 2.17. The van der Waals surface area contributed by atoms with Gasteiger partial charge in [-0.1, -0.05) is 25.5 Å². The number of urea groups is 1. The summed E-state index contributed by atoms with van der Waals surface area (Å²) in [5, 5.41) is 8.73. The van der Waals surface area contributed by atoms with Crippen molar-refractivity contribution in [2.45, 2.75) is 45.2 Å². The van der Waals surface area contributed by atoms with E-state index >= 15 is 0 Å². The maximum absolute atomic E-state index is 12.9. The van der Waals surface area contributed by atoms with E-state index < -0.39 is 6.04 Å². The second-order valence-corrected chi connectivity index (χ2v) is 7.14. The maximum atomic E-state index is 12.9. The summed E-state index contributed by atoms with van der Waals surface area (Å²) in [5.74, 6) is 0.145. The molecule has 27 heavy (non-hydrogen) atoms. The summed E-state index contributed by atoms with van der Waals surface area (Å²) in [6.45, 7) is 4.66. The quantitative estimate of drug-likeness (QED) is 0.650. The van der Waals surface area contributed by atoms with E-state index in [0.717, 1.165) is 44.5 Å². The van der Waals surface area contributed by atoms with Crippen LogP contribution in [0.5, 0.6) is 0 Å². The maximum Gasteiger partial charge on any atom is 0.315 e. The first-order chi connectivity index (χ1) is 13.0. The molecule has 1 fully saturated rings. The van der Waals surface area contributed by atoms with Crippen LogP contribution in [-0.2, 0) is 11.3 Å². The van der Waals surface area contributed by atoms with Gasteiger partial charge in [0.15, 0.2) is 0 Å². The van der Waals surface area contributed by atoms with E-state index in [0.29, 0.717) is 12.3 Å². The molecule has 0 aromatic heterocycles. The average Bonchev–Trinajstić information content (AvgIpc) is 2.67. The van der Waals surface area contributed by atoms with Crippen molar-refractivity contribution in [2.75, 3.05) is 26.7 Å². The highest BCUT2D eigenvalue weighted by Gasteiger charge is 2.29. The van der Waals surface area contributed by atoms with Crippen LogP contribution in [0.2, 0.25) is 0 Å². The van der Waals surface area contributed by atoms with Gasteiger partial charge in [-0.2, -0.15) is 0 Å². The molecular weight excluding hydrogens is 347 g/mol. The Morgan fingerprint density at radius 1 is 1.30 bits per heavy atom. The number of likely N-dealkylation sites (tertiary alicyclic amines) is 1. The fourth-order valence-corrected chi connectivity index (χ4v) is 3.48. The Kier molecular flexibility index (Phi) is 8.51. The number of benzene rings is 1. The van der Waals surface area contributed by atoms with Gasteiger partial charge in [0.1, 0.15) is 11.9 Å². The van der Waals surface area contributed by atoms with Crippen molar-refractivity contribution in [2.24, 2.45) is 5.92 Å². The summed E-state index contributed by atoms with van der Waals surface area (Å²) >= 11 is 0. The van der Waals surface area contributed by atoms with E-state index in [9.17, 15) is 14.0 Å². The van der Waals surface area contributed by atoms with Gasteiger partial charge >= 0.3 is 6.03 Å². The molecule has 0 saturated carbocycles. The van der Waals surface area contributed by atoms with Crippen LogP contribution in [0.15, 0.2) is 24.3 Å². The molecule has 7 heteroatoms. The second-order valence-electron chi connectivity index (χ2n) is 7.14. The minimum absolute atomic E-state index is 0.00501. The third-order valence-electron chi connectivity index (χ3n) is 4.87. The predicted octanol–water partition coefficient (Wildman–Crippen LogP) is 2.25. The van der Waals surface area contributed by atoms with Gasteiger partial charge in [-0.15, -0.1) is 0 Å². The molecule has 1 aliphatic heterocycles. The molecular formula is C20H31FN4O2. The summed E-state index contributed by atoms with van der Waals surface area (Å²) in [7, 11) is 1.92. The number of amides is 3. The molecule has 3 amide bonds. The molecule has 3 N–H and O–H groups in total. The van der Waals surface area contributed by atoms with Crippen LogP contribution in [-0.4, -0.2) is 49.6 Å². The van der Waals surface area contributed by atoms with Gasteiger partial charge in [0, 0.05) is 19.6 Å². The van der Waals surface area contributed by atoms with E-state index in [1.807, 2.05) is 18.9 Å². The van der Waals surface area contributed by atoms with Crippen LogP contribution >= 0.6 is 0 Å². The Balaban J connectivity index is 1.88. The number of nitrogens with zero attached hydrogens (tertiary/aromatic N) is 1. The SMILES string of the molecule is CCCC(NC(=O)NCc1ccc(F)cc1)C(=O)N1CCCC(CNC)C1. The molecule has 2 unspecified atom stereocenters. The molecule has 0 radical (unpaired) electrons. The minimum Gasteiger partial charge on any atom is -0.341 e. The summed E-state index contributed by atoms with van der Waals surface area (Å²) in [5.41, 5.74) is 0.802. The van der Waals surface area contributed by atoms with Crippen LogP contribution in [0.25, 0.3) is 0 Å². The molecule has 1 heterocycles. The number of piperidine rings is 1. The summed E-state index contributed by atoms with van der Waals surface area (Å²) in [4.78, 5) is 27.0. The lowest BCUT2D eigenvalue weighted by Gasteiger charge is -2.35. The first kappa shape index (κ1) is 21.2. The molecule has 150 valence electrons. The lowest BCUT2D eigenvalue weighted by Crippen LogP contribution is -2.53. The number of carbonyl (C=O) groups excluding carboxylic acids is 2. The third kappa shape index (κ3) is 6.82. The van der Waals surface area contributed by atoms with E-state index in [1.54, 1.807) is 12.1 Å². The molecule has 1 aromatic carbocycles. The van der Waals surface area contributed by atoms with Gasteiger partial charge in [-0.05, 0) is 56.5 Å². The van der Waals surface area contributed by atoms with Gasteiger partial charge in [0.05, 0.1) is 0 Å². The molecule has 0 spiro atoms. The average molecular weight is 378 g/mol. The number of hydrogen-bond donors (Lipinski definition) is 3. The minimum atomic E-state index is -0.517. The van der Waals surface area contributed by atoms with Crippen molar-refractivity contribution in [3.05, 3.63) is 35.6 Å². The standard InChI is InChI=1S/C20H31FN4O2/c1-3-5-18(19(26)25-11-4-6-16(14-25)12-22-2)24-20(27)23-13-15-7-9-17(21)10-8-15/h7-10,16,18,22H,3-6,11-14H2,1-2H3,(H2,23,24,27). The topological polar surface area (TPSA) is 73.5 Å². The summed E-state index contributed by atoms with van der Waals surface area (Å²) in [6, 6.07) is 5.07. The molecule has 1 saturated heterocycles. The van der Waals surface area contributed by atoms with Gasteiger partial charge in [-0.3, -0.25) is 4.79 Å². The van der Waals surface area contributed by atoms with Crippen LogP contribution in [0.3, 0.4) is 0 Å². The summed E-state index contributed by atoms with van der Waals surface area (Å²) in [6.07, 6.45) is 3.53. The van der Waals surface area contributed by atoms with Crippen molar-refractivity contribution in [1.82, 2.24) is 20.9 Å². The molecule has 0 aliphatic carbocycles. The zero-order chi connectivity index (χ0) is 19.6. The van der Waals surface area contributed by atoms with Crippen molar-refractivity contribution >= 4 is 11.9 Å². The fourth-order valence-electron chi connectivity index (χ4n) is 3.48. The number of hydrogen-bond acceptors (Lipinski definition) is 3. The van der Waals surface area contributed by atoms with E-state index in [1.165, 1.54) is 12.1 Å². The predicted molar refractivity (Wildman–Crippen MR) is 104 cm³/mol. The highest BCUT2D eigenvalue weighted by molar-refractivity contribution is 5.87. The summed E-state index contributed by atoms with van der Waals surface area (Å²) < 4.78 is 12.9. The van der Waals surface area contributed by atoms with Crippen molar-refractivity contribution in [1.29, 1.82) is 0 Å². The Bertz CT molecular complexity index is 607. The zero-order valence-electron chi connectivity index (χ0n) is 16.3. The molecule has 2 atom stereocenters.